The minimum atomic E-state index is -4.35. The molecule has 88 valence electrons. The molecule has 1 saturated carbocycles. The van der Waals surface area contributed by atoms with Crippen LogP contribution in [0.4, 0.5) is 13.2 Å². The highest BCUT2D eigenvalue weighted by Crippen LogP contribution is 2.38. The van der Waals surface area contributed by atoms with Crippen LogP contribution in [0.3, 0.4) is 0 Å². The first kappa shape index (κ1) is 11.4. The molecule has 2 rings (SSSR count). The molecule has 1 heterocycles. The Morgan fingerprint density at radius 2 is 1.81 bits per heavy atom. The number of halogens is 3. The van der Waals surface area contributed by atoms with Gasteiger partial charge < -0.3 is 5.73 Å². The minimum Gasteiger partial charge on any atom is -0.321 e. The average Bonchev–Trinajstić information content (AvgIpc) is 2.66. The zero-order chi connectivity index (χ0) is 11.8. The lowest BCUT2D eigenvalue weighted by molar-refractivity contribution is -0.137. The van der Waals surface area contributed by atoms with Gasteiger partial charge in [-0.3, -0.25) is 4.98 Å². The van der Waals surface area contributed by atoms with E-state index in [0.29, 0.717) is 5.56 Å². The van der Waals surface area contributed by atoms with E-state index >= 15 is 0 Å². The highest BCUT2D eigenvalue weighted by molar-refractivity contribution is 5.27. The van der Waals surface area contributed by atoms with Crippen molar-refractivity contribution < 1.29 is 13.2 Å². The predicted molar refractivity (Wildman–Crippen MR) is 53.6 cm³/mol. The lowest BCUT2D eigenvalue weighted by Gasteiger charge is -2.24. The van der Waals surface area contributed by atoms with Crippen molar-refractivity contribution in [3.63, 3.8) is 0 Å². The molecule has 0 bridgehead atoms. The summed E-state index contributed by atoms with van der Waals surface area (Å²) in [4.78, 5) is 3.64. The van der Waals surface area contributed by atoms with Crippen molar-refractivity contribution in [2.45, 2.75) is 37.4 Å². The Balaban J connectivity index is 2.36. The Kier molecular flexibility index (Phi) is 2.66. The van der Waals surface area contributed by atoms with Crippen LogP contribution < -0.4 is 5.73 Å². The van der Waals surface area contributed by atoms with Crippen LogP contribution in [-0.2, 0) is 11.7 Å². The summed E-state index contributed by atoms with van der Waals surface area (Å²) in [7, 11) is 0. The standard InChI is InChI=1S/C11H13F3N2/c12-11(13,14)9-5-8(6-16-7-9)10(15)3-1-2-4-10/h5-7H,1-4,15H2. The molecular formula is C11H13F3N2. The molecule has 1 aliphatic rings. The van der Waals surface area contributed by atoms with Crippen molar-refractivity contribution in [1.82, 2.24) is 4.98 Å². The number of nitrogens with two attached hydrogens (primary N) is 1. The van der Waals surface area contributed by atoms with Gasteiger partial charge in [0.15, 0.2) is 0 Å². The summed E-state index contributed by atoms with van der Waals surface area (Å²) in [5.41, 5.74) is 5.25. The fourth-order valence-corrected chi connectivity index (χ4v) is 2.16. The molecule has 1 aromatic heterocycles. The van der Waals surface area contributed by atoms with Crippen LogP contribution in [0.2, 0.25) is 0 Å². The maximum Gasteiger partial charge on any atom is 0.417 e. The van der Waals surface area contributed by atoms with Gasteiger partial charge in [-0.1, -0.05) is 12.8 Å². The summed E-state index contributed by atoms with van der Waals surface area (Å²) < 4.78 is 37.5. The van der Waals surface area contributed by atoms with E-state index in [1.807, 2.05) is 0 Å². The van der Waals surface area contributed by atoms with Crippen molar-refractivity contribution >= 4 is 0 Å². The van der Waals surface area contributed by atoms with E-state index in [9.17, 15) is 13.2 Å². The first-order chi connectivity index (χ1) is 7.42. The third kappa shape index (κ3) is 2.04. The number of hydrogen-bond donors (Lipinski definition) is 1. The molecule has 0 amide bonds. The zero-order valence-corrected chi connectivity index (χ0v) is 8.72. The Morgan fingerprint density at radius 1 is 1.19 bits per heavy atom. The molecule has 0 aliphatic heterocycles. The van der Waals surface area contributed by atoms with Gasteiger partial charge in [0.05, 0.1) is 5.56 Å². The molecule has 0 radical (unpaired) electrons. The first-order valence-electron chi connectivity index (χ1n) is 5.23. The van der Waals surface area contributed by atoms with Crippen molar-refractivity contribution in [2.24, 2.45) is 5.73 Å². The van der Waals surface area contributed by atoms with Gasteiger partial charge in [-0.25, -0.2) is 0 Å². The second-order valence-electron chi connectivity index (χ2n) is 4.32. The molecule has 5 heteroatoms. The average molecular weight is 230 g/mol. The maximum atomic E-state index is 12.5. The van der Waals surface area contributed by atoms with Gasteiger partial charge in [0, 0.05) is 17.9 Å². The molecule has 0 aromatic carbocycles. The number of alkyl halides is 3. The van der Waals surface area contributed by atoms with Gasteiger partial charge >= 0.3 is 6.18 Å². The van der Waals surface area contributed by atoms with E-state index in [-0.39, 0.29) is 0 Å². The first-order valence-corrected chi connectivity index (χ1v) is 5.23. The van der Waals surface area contributed by atoms with Crippen LogP contribution >= 0.6 is 0 Å². The van der Waals surface area contributed by atoms with Crippen LogP contribution in [0.25, 0.3) is 0 Å². The highest BCUT2D eigenvalue weighted by Gasteiger charge is 2.35. The summed E-state index contributed by atoms with van der Waals surface area (Å²) in [6.45, 7) is 0. The van der Waals surface area contributed by atoms with Crippen molar-refractivity contribution in [3.05, 3.63) is 29.6 Å². The summed E-state index contributed by atoms with van der Waals surface area (Å²) in [5.74, 6) is 0. The maximum absolute atomic E-state index is 12.5. The Morgan fingerprint density at radius 3 is 2.38 bits per heavy atom. The lowest BCUT2D eigenvalue weighted by atomic mass is 9.90. The Bertz CT molecular complexity index is 381. The van der Waals surface area contributed by atoms with E-state index in [2.05, 4.69) is 4.98 Å². The largest absolute Gasteiger partial charge is 0.417 e. The highest BCUT2D eigenvalue weighted by atomic mass is 19.4. The molecule has 1 aromatic rings. The van der Waals surface area contributed by atoms with E-state index in [1.54, 1.807) is 0 Å². The third-order valence-electron chi connectivity index (χ3n) is 3.14. The number of rotatable bonds is 1. The van der Waals surface area contributed by atoms with Crippen molar-refractivity contribution in [3.8, 4) is 0 Å². The van der Waals surface area contributed by atoms with Gasteiger partial charge in [-0.05, 0) is 24.5 Å². The van der Waals surface area contributed by atoms with Gasteiger partial charge in [-0.2, -0.15) is 13.2 Å². The van der Waals surface area contributed by atoms with Gasteiger partial charge in [0.25, 0.3) is 0 Å². The van der Waals surface area contributed by atoms with Crippen LogP contribution in [-0.4, -0.2) is 4.98 Å². The molecule has 0 atom stereocenters. The molecule has 0 saturated heterocycles. The second-order valence-corrected chi connectivity index (χ2v) is 4.32. The number of nitrogens with zero attached hydrogens (tertiary/aromatic N) is 1. The van der Waals surface area contributed by atoms with Gasteiger partial charge in [0.1, 0.15) is 0 Å². The summed E-state index contributed by atoms with van der Waals surface area (Å²) in [6, 6.07) is 1.12. The minimum absolute atomic E-state index is 0.500. The molecule has 16 heavy (non-hydrogen) atoms. The predicted octanol–water partition coefficient (Wildman–Crippen LogP) is 2.83. The smallest absolute Gasteiger partial charge is 0.321 e. The van der Waals surface area contributed by atoms with Gasteiger partial charge in [-0.15, -0.1) is 0 Å². The quantitative estimate of drug-likeness (QED) is 0.805. The normalized spacial score (nSPS) is 20.0. The number of pyridine rings is 1. The van der Waals surface area contributed by atoms with Crippen LogP contribution in [0.5, 0.6) is 0 Å². The molecule has 0 spiro atoms. The summed E-state index contributed by atoms with van der Waals surface area (Å²) >= 11 is 0. The Labute approximate surface area is 91.7 Å². The fourth-order valence-electron chi connectivity index (χ4n) is 2.16. The van der Waals surface area contributed by atoms with Crippen LogP contribution in [0.15, 0.2) is 18.5 Å². The SMILES string of the molecule is NC1(c2cncc(C(F)(F)F)c2)CCCC1. The van der Waals surface area contributed by atoms with Crippen molar-refractivity contribution in [1.29, 1.82) is 0 Å². The summed E-state index contributed by atoms with van der Waals surface area (Å²) in [5, 5.41) is 0. The second kappa shape index (κ2) is 3.73. The molecule has 0 unspecified atom stereocenters. The van der Waals surface area contributed by atoms with E-state index < -0.39 is 17.3 Å². The zero-order valence-electron chi connectivity index (χ0n) is 8.72. The fraction of sp³-hybridized carbons (Fsp3) is 0.545. The third-order valence-corrected chi connectivity index (χ3v) is 3.14. The number of hydrogen-bond acceptors (Lipinski definition) is 2. The van der Waals surface area contributed by atoms with Crippen LogP contribution in [0.1, 0.15) is 36.8 Å². The molecule has 2 N–H and O–H groups in total. The van der Waals surface area contributed by atoms with E-state index in [0.717, 1.165) is 37.9 Å². The molecule has 2 nitrogen and oxygen atoms in total. The van der Waals surface area contributed by atoms with E-state index in [4.69, 9.17) is 5.73 Å². The lowest BCUT2D eigenvalue weighted by Crippen LogP contribution is -2.33. The van der Waals surface area contributed by atoms with E-state index in [1.165, 1.54) is 6.20 Å². The molecule has 1 aliphatic carbocycles. The number of aromatic nitrogens is 1. The van der Waals surface area contributed by atoms with Crippen LogP contribution in [0, 0.1) is 0 Å². The van der Waals surface area contributed by atoms with Crippen molar-refractivity contribution in [2.75, 3.05) is 0 Å². The van der Waals surface area contributed by atoms with Gasteiger partial charge in [0.2, 0.25) is 0 Å². The monoisotopic (exact) mass is 230 g/mol. The molecule has 1 fully saturated rings. The molecular weight excluding hydrogens is 217 g/mol. The topological polar surface area (TPSA) is 38.9 Å². The Hall–Kier alpha value is -1.10. The summed E-state index contributed by atoms with van der Waals surface area (Å²) in [6.07, 6.45) is 1.33.